The second-order valence-electron chi connectivity index (χ2n) is 5.64. The van der Waals surface area contributed by atoms with Gasteiger partial charge in [0.15, 0.2) is 0 Å². The second kappa shape index (κ2) is 7.03. The number of halogens is 2. The van der Waals surface area contributed by atoms with Crippen molar-refractivity contribution in [2.75, 3.05) is 19.6 Å². The molecule has 7 heteroatoms. The summed E-state index contributed by atoms with van der Waals surface area (Å²) in [7, 11) is 0. The molecule has 0 radical (unpaired) electrons. The Morgan fingerprint density at radius 2 is 2.17 bits per heavy atom. The third-order valence-corrected chi connectivity index (χ3v) is 4.49. The van der Waals surface area contributed by atoms with Crippen LogP contribution in [0.5, 0.6) is 0 Å². The van der Waals surface area contributed by atoms with Crippen LogP contribution in [0.15, 0.2) is 31.9 Å². The van der Waals surface area contributed by atoms with E-state index in [2.05, 4.69) is 21.2 Å². The van der Waals surface area contributed by atoms with E-state index in [0.29, 0.717) is 24.2 Å². The van der Waals surface area contributed by atoms with Gasteiger partial charge in [-0.05, 0) is 37.6 Å². The lowest BCUT2D eigenvalue weighted by Crippen LogP contribution is -2.52. The molecule has 2 aromatic rings. The maximum absolute atomic E-state index is 12.7. The van der Waals surface area contributed by atoms with Crippen molar-refractivity contribution in [1.29, 1.82) is 0 Å². The van der Waals surface area contributed by atoms with Gasteiger partial charge in [-0.25, -0.2) is 4.79 Å². The van der Waals surface area contributed by atoms with E-state index in [-0.39, 0.29) is 29.9 Å². The van der Waals surface area contributed by atoms with E-state index >= 15 is 0 Å². The molecule has 1 saturated heterocycles. The second-order valence-corrected chi connectivity index (χ2v) is 6.55. The van der Waals surface area contributed by atoms with Gasteiger partial charge in [-0.1, -0.05) is 15.9 Å². The van der Waals surface area contributed by atoms with Crippen molar-refractivity contribution in [2.45, 2.75) is 19.9 Å². The lowest BCUT2D eigenvalue weighted by Gasteiger charge is -2.32. The molecule has 1 aliphatic heterocycles. The van der Waals surface area contributed by atoms with Gasteiger partial charge in [-0.3, -0.25) is 4.79 Å². The Bertz CT molecular complexity index is 806. The minimum absolute atomic E-state index is 0. The lowest BCUT2D eigenvalue weighted by atomic mass is 10.0. The van der Waals surface area contributed by atoms with Crippen LogP contribution >= 0.6 is 28.3 Å². The standard InChI is InChI=1S/C16H17BrN2O3.ClH/c1-9-8-19(6-5-18-9)15(20)14-10(2)12-7-11(17)3-4-13(12)22-16(14)21;/h3-4,7,9,18H,5-6,8H2,1-2H3;1H. The van der Waals surface area contributed by atoms with E-state index in [1.807, 2.05) is 19.1 Å². The number of fused-ring (bicyclic) bond motifs is 1. The first-order chi connectivity index (χ1) is 10.5. The Labute approximate surface area is 148 Å². The van der Waals surface area contributed by atoms with E-state index < -0.39 is 5.63 Å². The van der Waals surface area contributed by atoms with Crippen LogP contribution < -0.4 is 10.9 Å². The molecule has 0 spiro atoms. The molecule has 3 rings (SSSR count). The zero-order valence-electron chi connectivity index (χ0n) is 12.9. The van der Waals surface area contributed by atoms with Gasteiger partial charge in [0, 0.05) is 35.5 Å². The molecule has 23 heavy (non-hydrogen) atoms. The van der Waals surface area contributed by atoms with E-state index in [0.717, 1.165) is 16.4 Å². The third kappa shape index (κ3) is 3.44. The van der Waals surface area contributed by atoms with Crippen LogP contribution in [0.4, 0.5) is 0 Å². The van der Waals surface area contributed by atoms with Crippen LogP contribution in [-0.4, -0.2) is 36.5 Å². The molecule has 5 nitrogen and oxygen atoms in total. The minimum Gasteiger partial charge on any atom is -0.422 e. The normalized spacial score (nSPS) is 17.9. The van der Waals surface area contributed by atoms with E-state index in [9.17, 15) is 9.59 Å². The molecule has 124 valence electrons. The number of amides is 1. The number of nitrogens with zero attached hydrogens (tertiary/aromatic N) is 1. The number of aryl methyl sites for hydroxylation is 1. The fourth-order valence-corrected chi connectivity index (χ4v) is 3.21. The molecule has 1 fully saturated rings. The van der Waals surface area contributed by atoms with E-state index in [1.54, 1.807) is 17.9 Å². The van der Waals surface area contributed by atoms with Crippen molar-refractivity contribution in [3.8, 4) is 0 Å². The highest BCUT2D eigenvalue weighted by molar-refractivity contribution is 9.10. The maximum atomic E-state index is 12.7. The predicted octanol–water partition coefficient (Wildman–Crippen LogP) is 2.72. The highest BCUT2D eigenvalue weighted by atomic mass is 79.9. The summed E-state index contributed by atoms with van der Waals surface area (Å²) >= 11 is 3.41. The van der Waals surface area contributed by atoms with Crippen molar-refractivity contribution in [1.82, 2.24) is 10.2 Å². The molecule has 0 saturated carbocycles. The topological polar surface area (TPSA) is 62.6 Å². The Morgan fingerprint density at radius 1 is 1.43 bits per heavy atom. The molecule has 1 aromatic heterocycles. The zero-order chi connectivity index (χ0) is 15.9. The molecular weight excluding hydrogens is 384 g/mol. The number of benzene rings is 1. The van der Waals surface area contributed by atoms with Crippen LogP contribution in [0.2, 0.25) is 0 Å². The Hall–Kier alpha value is -1.37. The Balaban J connectivity index is 0.00000192. The van der Waals surface area contributed by atoms with Gasteiger partial charge in [0.2, 0.25) is 0 Å². The highest BCUT2D eigenvalue weighted by Gasteiger charge is 2.26. The largest absolute Gasteiger partial charge is 0.422 e. The molecule has 1 N–H and O–H groups in total. The Morgan fingerprint density at radius 3 is 2.87 bits per heavy atom. The summed E-state index contributed by atoms with van der Waals surface area (Å²) in [5.74, 6) is -0.249. The predicted molar refractivity (Wildman–Crippen MR) is 95.5 cm³/mol. The van der Waals surface area contributed by atoms with Gasteiger partial charge in [-0.15, -0.1) is 12.4 Å². The van der Waals surface area contributed by atoms with Crippen molar-refractivity contribution in [3.05, 3.63) is 44.2 Å². The van der Waals surface area contributed by atoms with Gasteiger partial charge in [0.1, 0.15) is 11.1 Å². The fraction of sp³-hybridized carbons (Fsp3) is 0.375. The summed E-state index contributed by atoms with van der Waals surface area (Å²) in [5, 5.41) is 4.06. The first-order valence-corrected chi connectivity index (χ1v) is 8.02. The lowest BCUT2D eigenvalue weighted by molar-refractivity contribution is 0.0704. The first-order valence-electron chi connectivity index (χ1n) is 7.23. The van der Waals surface area contributed by atoms with Gasteiger partial charge < -0.3 is 14.6 Å². The van der Waals surface area contributed by atoms with Crippen LogP contribution in [0.3, 0.4) is 0 Å². The smallest absolute Gasteiger partial charge is 0.349 e. The van der Waals surface area contributed by atoms with Gasteiger partial charge >= 0.3 is 5.63 Å². The summed E-state index contributed by atoms with van der Waals surface area (Å²) in [5.41, 5.74) is 0.739. The summed E-state index contributed by atoms with van der Waals surface area (Å²) < 4.78 is 6.21. The summed E-state index contributed by atoms with van der Waals surface area (Å²) in [6, 6.07) is 5.63. The minimum atomic E-state index is -0.566. The number of carbonyl (C=O) groups excluding carboxylic acids is 1. The number of carbonyl (C=O) groups is 1. The van der Waals surface area contributed by atoms with Crippen molar-refractivity contribution in [3.63, 3.8) is 0 Å². The molecule has 1 atom stereocenters. The van der Waals surface area contributed by atoms with Gasteiger partial charge in [0.05, 0.1) is 0 Å². The molecular formula is C16H18BrClN2O3. The summed E-state index contributed by atoms with van der Waals surface area (Å²) in [6.07, 6.45) is 0. The van der Waals surface area contributed by atoms with Crippen LogP contribution in [0.1, 0.15) is 22.8 Å². The summed E-state index contributed by atoms with van der Waals surface area (Å²) in [4.78, 5) is 26.7. The summed E-state index contributed by atoms with van der Waals surface area (Å²) in [6.45, 7) is 5.74. The van der Waals surface area contributed by atoms with Crippen molar-refractivity contribution >= 4 is 45.2 Å². The Kier molecular flexibility index (Phi) is 5.49. The number of hydrogen-bond donors (Lipinski definition) is 1. The average molecular weight is 402 g/mol. The monoisotopic (exact) mass is 400 g/mol. The molecule has 1 amide bonds. The van der Waals surface area contributed by atoms with Crippen LogP contribution in [0, 0.1) is 6.92 Å². The molecule has 0 bridgehead atoms. The molecule has 0 aliphatic carbocycles. The van der Waals surface area contributed by atoms with E-state index in [1.165, 1.54) is 0 Å². The third-order valence-electron chi connectivity index (χ3n) is 4.00. The molecule has 1 aromatic carbocycles. The first kappa shape index (κ1) is 18.0. The fourth-order valence-electron chi connectivity index (χ4n) is 2.85. The average Bonchev–Trinajstić information content (AvgIpc) is 2.48. The molecule has 1 aliphatic rings. The number of hydrogen-bond acceptors (Lipinski definition) is 4. The van der Waals surface area contributed by atoms with Gasteiger partial charge in [-0.2, -0.15) is 0 Å². The SMILES string of the molecule is Cc1c(C(=O)N2CCNC(C)C2)c(=O)oc2ccc(Br)cc12.Cl. The number of piperazine rings is 1. The quantitative estimate of drug-likeness (QED) is 0.746. The van der Waals surface area contributed by atoms with Gasteiger partial charge in [0.25, 0.3) is 5.91 Å². The maximum Gasteiger partial charge on any atom is 0.349 e. The highest BCUT2D eigenvalue weighted by Crippen LogP contribution is 2.24. The van der Waals surface area contributed by atoms with Crippen LogP contribution in [0.25, 0.3) is 11.0 Å². The van der Waals surface area contributed by atoms with Crippen molar-refractivity contribution < 1.29 is 9.21 Å². The molecule has 1 unspecified atom stereocenters. The number of nitrogens with one attached hydrogen (secondary N) is 1. The molecule has 2 heterocycles. The zero-order valence-corrected chi connectivity index (χ0v) is 15.3. The van der Waals surface area contributed by atoms with E-state index in [4.69, 9.17) is 4.42 Å². The van der Waals surface area contributed by atoms with Crippen molar-refractivity contribution in [2.24, 2.45) is 0 Å². The van der Waals surface area contributed by atoms with Crippen LogP contribution in [-0.2, 0) is 0 Å². The number of rotatable bonds is 1.